The molecule has 1 aromatic heterocycles. The molecule has 0 bridgehead atoms. The Hall–Kier alpha value is -1.12. The predicted molar refractivity (Wildman–Crippen MR) is 82.4 cm³/mol. The van der Waals surface area contributed by atoms with Crippen LogP contribution < -0.4 is 5.32 Å². The maximum Gasteiger partial charge on any atom is 0.0377 e. The quantitative estimate of drug-likeness (QED) is 0.863. The monoisotopic (exact) mass is 271 g/mol. The van der Waals surface area contributed by atoms with Gasteiger partial charge >= 0.3 is 0 Å². The molecule has 1 atom stereocenters. The average molecular weight is 271 g/mol. The fourth-order valence-corrected chi connectivity index (χ4v) is 3.73. The summed E-state index contributed by atoms with van der Waals surface area (Å²) in [6.45, 7) is 5.73. The first-order chi connectivity index (χ1) is 9.17. The summed E-state index contributed by atoms with van der Waals surface area (Å²) >= 11 is 1.77. The van der Waals surface area contributed by atoms with Crippen molar-refractivity contribution in [2.24, 2.45) is 5.41 Å². The number of hydrogen-bond donors (Lipinski definition) is 1. The zero-order valence-corrected chi connectivity index (χ0v) is 12.5. The SMILES string of the molecule is CC1(C)CCc2ccccc2C1NCc1ccsc1. The molecule has 0 aliphatic heterocycles. The van der Waals surface area contributed by atoms with Gasteiger partial charge in [0.2, 0.25) is 0 Å². The maximum absolute atomic E-state index is 3.78. The highest BCUT2D eigenvalue weighted by molar-refractivity contribution is 7.07. The molecule has 1 aliphatic rings. The summed E-state index contributed by atoms with van der Waals surface area (Å²) in [4.78, 5) is 0. The molecule has 1 nitrogen and oxygen atoms in total. The van der Waals surface area contributed by atoms with Crippen LogP contribution in [-0.4, -0.2) is 0 Å². The lowest BCUT2D eigenvalue weighted by atomic mass is 9.70. The molecule has 3 rings (SSSR count). The molecule has 0 saturated carbocycles. The lowest BCUT2D eigenvalue weighted by Gasteiger charge is -2.40. The Morgan fingerprint density at radius 3 is 2.89 bits per heavy atom. The summed E-state index contributed by atoms with van der Waals surface area (Å²) in [5, 5.41) is 8.16. The second kappa shape index (κ2) is 5.10. The van der Waals surface area contributed by atoms with Gasteiger partial charge in [-0.2, -0.15) is 11.3 Å². The molecular formula is C17H21NS. The van der Waals surface area contributed by atoms with Crippen molar-refractivity contribution >= 4 is 11.3 Å². The number of benzene rings is 1. The highest BCUT2D eigenvalue weighted by atomic mass is 32.1. The van der Waals surface area contributed by atoms with Crippen LogP contribution >= 0.6 is 11.3 Å². The summed E-state index contributed by atoms with van der Waals surface area (Å²) in [7, 11) is 0. The van der Waals surface area contributed by atoms with Gasteiger partial charge in [-0.25, -0.2) is 0 Å². The van der Waals surface area contributed by atoms with Crippen LogP contribution in [0.4, 0.5) is 0 Å². The summed E-state index contributed by atoms with van der Waals surface area (Å²) in [5.74, 6) is 0. The van der Waals surface area contributed by atoms with E-state index in [2.05, 4.69) is 60.3 Å². The molecule has 1 N–H and O–H groups in total. The highest BCUT2D eigenvalue weighted by Gasteiger charge is 2.35. The van der Waals surface area contributed by atoms with Crippen LogP contribution in [0.2, 0.25) is 0 Å². The van der Waals surface area contributed by atoms with E-state index >= 15 is 0 Å². The first-order valence-corrected chi connectivity index (χ1v) is 7.93. The predicted octanol–water partition coefficient (Wildman–Crippen LogP) is 4.55. The van der Waals surface area contributed by atoms with Crippen molar-refractivity contribution in [1.29, 1.82) is 0 Å². The molecule has 0 saturated heterocycles. The average Bonchev–Trinajstić information content (AvgIpc) is 2.90. The van der Waals surface area contributed by atoms with Gasteiger partial charge in [0.05, 0.1) is 0 Å². The number of rotatable bonds is 3. The van der Waals surface area contributed by atoms with Crippen molar-refractivity contribution in [3.63, 3.8) is 0 Å². The fourth-order valence-electron chi connectivity index (χ4n) is 3.07. The Labute approximate surface area is 119 Å². The van der Waals surface area contributed by atoms with E-state index in [9.17, 15) is 0 Å². The topological polar surface area (TPSA) is 12.0 Å². The third kappa shape index (κ3) is 2.60. The largest absolute Gasteiger partial charge is 0.305 e. The molecule has 19 heavy (non-hydrogen) atoms. The normalized spacial score (nSPS) is 21.1. The van der Waals surface area contributed by atoms with Crippen molar-refractivity contribution in [1.82, 2.24) is 5.32 Å². The smallest absolute Gasteiger partial charge is 0.0377 e. The van der Waals surface area contributed by atoms with E-state index in [1.54, 1.807) is 11.3 Å². The molecular weight excluding hydrogens is 250 g/mol. The van der Waals surface area contributed by atoms with Gasteiger partial charge in [-0.15, -0.1) is 0 Å². The fraction of sp³-hybridized carbons (Fsp3) is 0.412. The van der Waals surface area contributed by atoms with E-state index in [1.807, 2.05) is 0 Å². The Kier molecular flexibility index (Phi) is 3.46. The molecule has 1 heterocycles. The Bertz CT molecular complexity index is 542. The van der Waals surface area contributed by atoms with E-state index < -0.39 is 0 Å². The molecule has 0 fully saturated rings. The highest BCUT2D eigenvalue weighted by Crippen LogP contribution is 2.43. The van der Waals surface area contributed by atoms with E-state index in [-0.39, 0.29) is 0 Å². The minimum atomic E-state index is 0.324. The van der Waals surface area contributed by atoms with Crippen LogP contribution in [0.5, 0.6) is 0 Å². The summed E-state index contributed by atoms with van der Waals surface area (Å²) in [6, 6.07) is 11.6. The second-order valence-electron chi connectivity index (χ2n) is 6.13. The Morgan fingerprint density at radius 1 is 1.26 bits per heavy atom. The van der Waals surface area contributed by atoms with E-state index in [0.29, 0.717) is 11.5 Å². The minimum absolute atomic E-state index is 0.324. The molecule has 2 aromatic rings. The molecule has 100 valence electrons. The van der Waals surface area contributed by atoms with Crippen LogP contribution in [0.1, 0.15) is 43.0 Å². The second-order valence-corrected chi connectivity index (χ2v) is 6.91. The van der Waals surface area contributed by atoms with Crippen molar-refractivity contribution < 1.29 is 0 Å². The molecule has 1 aromatic carbocycles. The number of thiophene rings is 1. The van der Waals surface area contributed by atoms with Gasteiger partial charge in [0, 0.05) is 12.6 Å². The number of fused-ring (bicyclic) bond motifs is 1. The third-order valence-electron chi connectivity index (χ3n) is 4.28. The van der Waals surface area contributed by atoms with E-state index in [0.717, 1.165) is 6.54 Å². The van der Waals surface area contributed by atoms with Crippen molar-refractivity contribution in [2.45, 2.75) is 39.3 Å². The van der Waals surface area contributed by atoms with Gasteiger partial charge in [0.1, 0.15) is 0 Å². The molecule has 2 heteroatoms. The van der Waals surface area contributed by atoms with Crippen LogP contribution in [0.15, 0.2) is 41.1 Å². The van der Waals surface area contributed by atoms with Gasteiger partial charge in [-0.05, 0) is 51.8 Å². The summed E-state index contributed by atoms with van der Waals surface area (Å²) in [5.41, 5.74) is 4.73. The zero-order chi connectivity index (χ0) is 13.3. The van der Waals surface area contributed by atoms with Crippen molar-refractivity contribution in [3.05, 3.63) is 57.8 Å². The van der Waals surface area contributed by atoms with E-state index in [1.165, 1.54) is 29.5 Å². The molecule has 1 aliphatic carbocycles. The minimum Gasteiger partial charge on any atom is -0.305 e. The van der Waals surface area contributed by atoms with Gasteiger partial charge < -0.3 is 5.32 Å². The van der Waals surface area contributed by atoms with Crippen molar-refractivity contribution in [3.8, 4) is 0 Å². The van der Waals surface area contributed by atoms with Gasteiger partial charge in [0.15, 0.2) is 0 Å². The van der Waals surface area contributed by atoms with Crippen molar-refractivity contribution in [2.75, 3.05) is 0 Å². The lowest BCUT2D eigenvalue weighted by Crippen LogP contribution is -2.37. The van der Waals surface area contributed by atoms with Crippen LogP contribution in [-0.2, 0) is 13.0 Å². The number of aryl methyl sites for hydroxylation is 1. The van der Waals surface area contributed by atoms with Crippen LogP contribution in [0, 0.1) is 5.41 Å². The standard InChI is InChI=1S/C17H21NS/c1-17(2)9-7-14-5-3-4-6-15(14)16(17)18-11-13-8-10-19-12-13/h3-6,8,10,12,16,18H,7,9,11H2,1-2H3. The first-order valence-electron chi connectivity index (χ1n) is 6.99. The van der Waals surface area contributed by atoms with Gasteiger partial charge in [0.25, 0.3) is 0 Å². The van der Waals surface area contributed by atoms with Crippen LogP contribution in [0.25, 0.3) is 0 Å². The summed E-state index contributed by atoms with van der Waals surface area (Å²) < 4.78 is 0. The number of hydrogen-bond acceptors (Lipinski definition) is 2. The summed E-state index contributed by atoms with van der Waals surface area (Å²) in [6.07, 6.45) is 2.46. The maximum atomic E-state index is 3.78. The third-order valence-corrected chi connectivity index (χ3v) is 5.01. The van der Waals surface area contributed by atoms with Gasteiger partial charge in [-0.3, -0.25) is 0 Å². The van der Waals surface area contributed by atoms with E-state index in [4.69, 9.17) is 0 Å². The van der Waals surface area contributed by atoms with Gasteiger partial charge in [-0.1, -0.05) is 38.1 Å². The Balaban J connectivity index is 1.84. The molecule has 0 spiro atoms. The lowest BCUT2D eigenvalue weighted by molar-refractivity contribution is 0.208. The van der Waals surface area contributed by atoms with Crippen LogP contribution in [0.3, 0.4) is 0 Å². The number of nitrogens with one attached hydrogen (secondary N) is 1. The zero-order valence-electron chi connectivity index (χ0n) is 11.6. The molecule has 0 amide bonds. The first kappa shape index (κ1) is 12.9. The molecule has 1 unspecified atom stereocenters. The molecule has 0 radical (unpaired) electrons. The Morgan fingerprint density at radius 2 is 2.11 bits per heavy atom.